The minimum absolute atomic E-state index is 0.0108. The van der Waals surface area contributed by atoms with Gasteiger partial charge < -0.3 is 24.0 Å². The Kier molecular flexibility index (Phi) is 5.86. The first-order chi connectivity index (χ1) is 13.0. The number of carbonyl (C=O) groups excluding carboxylic acids is 1. The standard InChI is InChI=1S/C21H26N2O4/c1-22(2)10-11-27-18-7-5-6-16-14-23(21(24)20(16)18)13-15-8-9-17(25-3)12-19(15)26-4/h5-9,12H,10-11,13-14H2,1-4H3. The molecule has 6 heteroatoms. The van der Waals surface area contributed by atoms with Crippen LogP contribution in [-0.4, -0.2) is 57.2 Å². The summed E-state index contributed by atoms with van der Waals surface area (Å²) >= 11 is 0. The molecular formula is C21H26N2O4. The van der Waals surface area contributed by atoms with Crippen molar-refractivity contribution in [1.29, 1.82) is 0 Å². The summed E-state index contributed by atoms with van der Waals surface area (Å²) in [6.45, 7) is 2.37. The molecule has 0 saturated heterocycles. The van der Waals surface area contributed by atoms with Gasteiger partial charge in [0.1, 0.15) is 23.9 Å². The molecule has 1 aliphatic heterocycles. The fourth-order valence-electron chi connectivity index (χ4n) is 3.16. The van der Waals surface area contributed by atoms with Crippen molar-refractivity contribution in [3.05, 3.63) is 53.1 Å². The number of nitrogens with zero attached hydrogens (tertiary/aromatic N) is 2. The van der Waals surface area contributed by atoms with Gasteiger partial charge in [-0.1, -0.05) is 12.1 Å². The molecule has 0 bridgehead atoms. The topological polar surface area (TPSA) is 51.2 Å². The third kappa shape index (κ3) is 4.17. The predicted octanol–water partition coefficient (Wildman–Crippen LogP) is 2.80. The Morgan fingerprint density at radius 1 is 1.07 bits per heavy atom. The second kappa shape index (κ2) is 8.31. The van der Waals surface area contributed by atoms with Crippen molar-refractivity contribution < 1.29 is 19.0 Å². The summed E-state index contributed by atoms with van der Waals surface area (Å²) in [5.41, 5.74) is 2.60. The molecule has 0 atom stereocenters. The number of rotatable bonds is 8. The number of fused-ring (bicyclic) bond motifs is 1. The average molecular weight is 370 g/mol. The zero-order valence-corrected chi connectivity index (χ0v) is 16.3. The van der Waals surface area contributed by atoms with Crippen molar-refractivity contribution >= 4 is 5.91 Å². The summed E-state index contributed by atoms with van der Waals surface area (Å²) < 4.78 is 16.6. The third-order valence-corrected chi connectivity index (χ3v) is 4.63. The van der Waals surface area contributed by atoms with Crippen LogP contribution in [0.4, 0.5) is 0 Å². The summed E-state index contributed by atoms with van der Waals surface area (Å²) in [5, 5.41) is 0. The molecule has 27 heavy (non-hydrogen) atoms. The van der Waals surface area contributed by atoms with Gasteiger partial charge in [0, 0.05) is 31.3 Å². The maximum Gasteiger partial charge on any atom is 0.258 e. The second-order valence-electron chi connectivity index (χ2n) is 6.78. The van der Waals surface area contributed by atoms with Gasteiger partial charge in [-0.15, -0.1) is 0 Å². The van der Waals surface area contributed by atoms with Crippen LogP contribution in [0.1, 0.15) is 21.5 Å². The highest BCUT2D eigenvalue weighted by Crippen LogP contribution is 2.33. The molecule has 1 aliphatic rings. The predicted molar refractivity (Wildman–Crippen MR) is 104 cm³/mol. The highest BCUT2D eigenvalue weighted by atomic mass is 16.5. The van der Waals surface area contributed by atoms with Crippen LogP contribution in [0.3, 0.4) is 0 Å². The summed E-state index contributed by atoms with van der Waals surface area (Å²) in [6.07, 6.45) is 0. The summed E-state index contributed by atoms with van der Waals surface area (Å²) in [6, 6.07) is 11.4. The van der Waals surface area contributed by atoms with Gasteiger partial charge in [0.25, 0.3) is 5.91 Å². The zero-order chi connectivity index (χ0) is 19.4. The number of likely N-dealkylation sites (N-methyl/N-ethyl adjacent to an activating group) is 1. The molecule has 2 aromatic rings. The lowest BCUT2D eigenvalue weighted by Crippen LogP contribution is -2.24. The fraction of sp³-hybridized carbons (Fsp3) is 0.381. The fourth-order valence-corrected chi connectivity index (χ4v) is 3.16. The normalized spacial score (nSPS) is 13.1. The monoisotopic (exact) mass is 370 g/mol. The Labute approximate surface area is 160 Å². The molecule has 0 fully saturated rings. The van der Waals surface area contributed by atoms with Crippen LogP contribution >= 0.6 is 0 Å². The molecule has 0 N–H and O–H groups in total. The van der Waals surface area contributed by atoms with Gasteiger partial charge in [-0.3, -0.25) is 4.79 Å². The van der Waals surface area contributed by atoms with Crippen molar-refractivity contribution in [1.82, 2.24) is 9.80 Å². The van der Waals surface area contributed by atoms with Gasteiger partial charge in [0.15, 0.2) is 0 Å². The largest absolute Gasteiger partial charge is 0.497 e. The van der Waals surface area contributed by atoms with E-state index in [1.54, 1.807) is 14.2 Å². The van der Waals surface area contributed by atoms with Gasteiger partial charge in [-0.25, -0.2) is 0 Å². The van der Waals surface area contributed by atoms with Crippen molar-refractivity contribution in [3.63, 3.8) is 0 Å². The van der Waals surface area contributed by atoms with E-state index >= 15 is 0 Å². The number of amides is 1. The van der Waals surface area contributed by atoms with Gasteiger partial charge in [0.2, 0.25) is 0 Å². The number of hydrogen-bond acceptors (Lipinski definition) is 5. The molecule has 2 aromatic carbocycles. The molecule has 1 heterocycles. The van der Waals surface area contributed by atoms with Gasteiger partial charge in [0.05, 0.1) is 19.8 Å². The highest BCUT2D eigenvalue weighted by Gasteiger charge is 2.31. The van der Waals surface area contributed by atoms with E-state index in [4.69, 9.17) is 14.2 Å². The molecule has 1 amide bonds. The number of benzene rings is 2. The van der Waals surface area contributed by atoms with E-state index in [9.17, 15) is 4.79 Å². The van der Waals surface area contributed by atoms with Crippen molar-refractivity contribution in [3.8, 4) is 17.2 Å². The average Bonchev–Trinajstić information content (AvgIpc) is 2.98. The van der Waals surface area contributed by atoms with E-state index in [0.717, 1.165) is 23.4 Å². The van der Waals surface area contributed by atoms with Gasteiger partial charge in [-0.2, -0.15) is 0 Å². The Morgan fingerprint density at radius 2 is 1.89 bits per heavy atom. The Hall–Kier alpha value is -2.73. The quantitative estimate of drug-likeness (QED) is 0.715. The molecule has 0 radical (unpaired) electrons. The van der Waals surface area contributed by atoms with Crippen molar-refractivity contribution in [2.45, 2.75) is 13.1 Å². The number of carbonyl (C=O) groups is 1. The third-order valence-electron chi connectivity index (χ3n) is 4.63. The highest BCUT2D eigenvalue weighted by molar-refractivity contribution is 6.01. The van der Waals surface area contributed by atoms with Crippen LogP contribution in [-0.2, 0) is 13.1 Å². The Bertz CT molecular complexity index is 820. The molecule has 6 nitrogen and oxygen atoms in total. The van der Waals surface area contributed by atoms with Gasteiger partial charge in [-0.05, 0) is 37.9 Å². The summed E-state index contributed by atoms with van der Waals surface area (Å²) in [5.74, 6) is 2.08. The molecule has 0 unspecified atom stereocenters. The molecule has 0 aromatic heterocycles. The lowest BCUT2D eigenvalue weighted by atomic mass is 10.1. The van der Waals surface area contributed by atoms with Crippen molar-refractivity contribution in [2.75, 3.05) is 41.5 Å². The van der Waals surface area contributed by atoms with Crippen LogP contribution < -0.4 is 14.2 Å². The first-order valence-electron chi connectivity index (χ1n) is 8.93. The second-order valence-corrected chi connectivity index (χ2v) is 6.78. The summed E-state index contributed by atoms with van der Waals surface area (Å²) in [4.78, 5) is 16.9. The van der Waals surface area contributed by atoms with E-state index in [-0.39, 0.29) is 5.91 Å². The maximum atomic E-state index is 13.0. The van der Waals surface area contributed by atoms with Crippen molar-refractivity contribution in [2.24, 2.45) is 0 Å². The Morgan fingerprint density at radius 3 is 2.59 bits per heavy atom. The molecule has 0 aliphatic carbocycles. The molecule has 0 spiro atoms. The van der Waals surface area contributed by atoms with Crippen LogP contribution in [0.25, 0.3) is 0 Å². The molecule has 144 valence electrons. The summed E-state index contributed by atoms with van der Waals surface area (Å²) in [7, 11) is 7.23. The number of methoxy groups -OCH3 is 2. The number of ether oxygens (including phenoxy) is 3. The Balaban J connectivity index is 1.77. The van der Waals surface area contributed by atoms with Crippen LogP contribution in [0.15, 0.2) is 36.4 Å². The lowest BCUT2D eigenvalue weighted by Gasteiger charge is -2.18. The lowest BCUT2D eigenvalue weighted by molar-refractivity contribution is 0.0762. The SMILES string of the molecule is COc1ccc(CN2Cc3cccc(OCCN(C)C)c3C2=O)c(OC)c1. The van der Waals surface area contributed by atoms with E-state index in [2.05, 4.69) is 0 Å². The first kappa shape index (κ1) is 19.0. The minimum atomic E-state index is -0.0108. The maximum absolute atomic E-state index is 13.0. The van der Waals surface area contributed by atoms with Crippen LogP contribution in [0.5, 0.6) is 17.2 Å². The minimum Gasteiger partial charge on any atom is -0.497 e. The van der Waals surface area contributed by atoms with E-state index in [1.807, 2.05) is 60.3 Å². The first-order valence-corrected chi connectivity index (χ1v) is 8.93. The molecule has 3 rings (SSSR count). The van der Waals surface area contributed by atoms with E-state index < -0.39 is 0 Å². The molecule has 0 saturated carbocycles. The van der Waals surface area contributed by atoms with E-state index in [1.165, 1.54) is 0 Å². The number of hydrogen-bond donors (Lipinski definition) is 0. The van der Waals surface area contributed by atoms with Crippen LogP contribution in [0.2, 0.25) is 0 Å². The smallest absolute Gasteiger partial charge is 0.258 e. The zero-order valence-electron chi connectivity index (χ0n) is 16.3. The molecular weight excluding hydrogens is 344 g/mol. The van der Waals surface area contributed by atoms with E-state index in [0.29, 0.717) is 36.8 Å². The van der Waals surface area contributed by atoms with Crippen LogP contribution in [0, 0.1) is 0 Å². The van der Waals surface area contributed by atoms with Gasteiger partial charge >= 0.3 is 0 Å².